The molecule has 2 fully saturated rings. The van der Waals surface area contributed by atoms with Gasteiger partial charge >= 0.3 is 12.1 Å². The number of rotatable bonds is 6. The molecule has 4 N–H and O–H groups in total. The highest BCUT2D eigenvalue weighted by atomic mass is 16.2. The van der Waals surface area contributed by atoms with Crippen molar-refractivity contribution in [3.05, 3.63) is 0 Å². The van der Waals surface area contributed by atoms with E-state index in [0.29, 0.717) is 13.0 Å². The van der Waals surface area contributed by atoms with Crippen LogP contribution in [0, 0.1) is 0 Å². The van der Waals surface area contributed by atoms with E-state index in [2.05, 4.69) is 10.6 Å². The van der Waals surface area contributed by atoms with Crippen LogP contribution in [0.3, 0.4) is 0 Å². The zero-order valence-corrected chi connectivity index (χ0v) is 14.0. The zero-order chi connectivity index (χ0) is 18.6. The molecule has 11 heteroatoms. The predicted octanol–water partition coefficient (Wildman–Crippen LogP) is -2.34. The van der Waals surface area contributed by atoms with Crippen molar-refractivity contribution in [3.8, 4) is 0 Å². The summed E-state index contributed by atoms with van der Waals surface area (Å²) in [5.74, 6) is -1.16. The third-order valence-electron chi connectivity index (χ3n) is 4.18. The van der Waals surface area contributed by atoms with E-state index in [4.69, 9.17) is 5.73 Å². The smallest absolute Gasteiger partial charge is 0.327 e. The number of urea groups is 2. The third-order valence-corrected chi connectivity index (χ3v) is 4.18. The maximum Gasteiger partial charge on any atom is 0.327 e. The highest BCUT2D eigenvalue weighted by molar-refractivity contribution is 6.04. The van der Waals surface area contributed by atoms with E-state index in [0.717, 1.165) is 11.3 Å². The zero-order valence-electron chi connectivity index (χ0n) is 14.0. The van der Waals surface area contributed by atoms with Gasteiger partial charge in [0.15, 0.2) is 0 Å². The summed E-state index contributed by atoms with van der Waals surface area (Å²) in [5.41, 5.74) is 4.94. The summed E-state index contributed by atoms with van der Waals surface area (Å²) in [5, 5.41) is 4.89. The Balaban J connectivity index is 1.80. The predicted molar refractivity (Wildman–Crippen MR) is 85.1 cm³/mol. The van der Waals surface area contributed by atoms with Crippen LogP contribution >= 0.6 is 0 Å². The van der Waals surface area contributed by atoms with Crippen molar-refractivity contribution >= 4 is 29.8 Å². The molecule has 138 valence electrons. The number of nitrogens with two attached hydrogens (primary N) is 1. The van der Waals surface area contributed by atoms with Gasteiger partial charge < -0.3 is 26.2 Å². The lowest BCUT2D eigenvalue weighted by Crippen LogP contribution is -2.49. The Morgan fingerprint density at radius 2 is 1.96 bits per heavy atom. The second-order valence-electron chi connectivity index (χ2n) is 6.02. The van der Waals surface area contributed by atoms with Gasteiger partial charge in [0, 0.05) is 26.2 Å². The van der Waals surface area contributed by atoms with Gasteiger partial charge in [0.2, 0.25) is 11.8 Å². The fraction of sp³-hybridized carbons (Fsp3) is 0.643. The van der Waals surface area contributed by atoms with Gasteiger partial charge in [-0.1, -0.05) is 0 Å². The summed E-state index contributed by atoms with van der Waals surface area (Å²) in [6.45, 7) is 0.180. The van der Waals surface area contributed by atoms with Crippen molar-refractivity contribution in [3.63, 3.8) is 0 Å². The maximum atomic E-state index is 12.0. The standard InChI is InChI=1S/C14H22N6O5/c1-18-8-12(23)20(14(18)25)7-10(21)16-5-9-3-2-4-19(9)11(22)6-17-13(15)24/h9H,2-8H2,1H3,(H,16,21)(H3,15,17,24)/t9-/m1/s1. The SMILES string of the molecule is CN1CC(=O)N(CC(=O)NC[C@H]2CCCN2C(=O)CNC(N)=O)C1=O. The Morgan fingerprint density at radius 3 is 2.56 bits per heavy atom. The summed E-state index contributed by atoms with van der Waals surface area (Å²) < 4.78 is 0. The molecule has 0 aromatic rings. The molecule has 0 aromatic heterocycles. The molecule has 11 nitrogen and oxygen atoms in total. The van der Waals surface area contributed by atoms with E-state index in [9.17, 15) is 24.0 Å². The fourth-order valence-corrected chi connectivity index (χ4v) is 2.90. The molecule has 0 spiro atoms. The van der Waals surface area contributed by atoms with Crippen molar-refractivity contribution in [1.82, 2.24) is 25.3 Å². The molecule has 0 aromatic carbocycles. The van der Waals surface area contributed by atoms with Gasteiger partial charge in [0.1, 0.15) is 13.1 Å². The number of nitrogens with zero attached hydrogens (tertiary/aromatic N) is 3. The number of likely N-dealkylation sites (N-methyl/N-ethyl adjacent to an activating group) is 1. The first-order chi connectivity index (χ1) is 11.8. The molecule has 0 aliphatic carbocycles. The minimum atomic E-state index is -0.776. The van der Waals surface area contributed by atoms with Gasteiger partial charge in [-0.25, -0.2) is 9.59 Å². The number of carbonyl (C=O) groups excluding carboxylic acids is 5. The molecular weight excluding hydrogens is 332 g/mol. The number of carbonyl (C=O) groups is 5. The number of nitrogens with one attached hydrogen (secondary N) is 2. The van der Waals surface area contributed by atoms with Crippen molar-refractivity contribution in [1.29, 1.82) is 0 Å². The molecular formula is C14H22N6O5. The molecule has 2 rings (SSSR count). The number of primary amides is 1. The number of hydrogen-bond acceptors (Lipinski definition) is 5. The Bertz CT molecular complexity index is 594. The quantitative estimate of drug-likeness (QED) is 0.458. The lowest BCUT2D eigenvalue weighted by atomic mass is 10.2. The largest absolute Gasteiger partial charge is 0.352 e. The Hall–Kier alpha value is -2.85. The lowest BCUT2D eigenvalue weighted by Gasteiger charge is -2.25. The van der Waals surface area contributed by atoms with Gasteiger partial charge in [-0.2, -0.15) is 0 Å². The van der Waals surface area contributed by atoms with Crippen LogP contribution in [0.1, 0.15) is 12.8 Å². The van der Waals surface area contributed by atoms with Crippen LogP contribution in [0.15, 0.2) is 0 Å². The van der Waals surface area contributed by atoms with Gasteiger partial charge in [-0.15, -0.1) is 0 Å². The van der Waals surface area contributed by atoms with Crippen molar-refractivity contribution in [2.24, 2.45) is 5.73 Å². The molecule has 0 saturated carbocycles. The van der Waals surface area contributed by atoms with E-state index in [1.807, 2.05) is 0 Å². The molecule has 0 bridgehead atoms. The highest BCUT2D eigenvalue weighted by Crippen LogP contribution is 2.16. The molecule has 0 radical (unpaired) electrons. The Labute approximate surface area is 144 Å². The Kier molecular flexibility index (Phi) is 5.78. The van der Waals surface area contributed by atoms with Gasteiger partial charge in [-0.05, 0) is 12.8 Å². The van der Waals surface area contributed by atoms with Crippen molar-refractivity contribution in [2.45, 2.75) is 18.9 Å². The van der Waals surface area contributed by atoms with E-state index in [-0.39, 0.29) is 38.1 Å². The minimum Gasteiger partial charge on any atom is -0.352 e. The summed E-state index contributed by atoms with van der Waals surface area (Å²) in [7, 11) is 1.49. The van der Waals surface area contributed by atoms with Crippen molar-refractivity contribution in [2.75, 3.05) is 39.8 Å². The van der Waals surface area contributed by atoms with Gasteiger partial charge in [-0.3, -0.25) is 19.3 Å². The van der Waals surface area contributed by atoms with E-state index in [1.54, 1.807) is 4.90 Å². The van der Waals surface area contributed by atoms with E-state index < -0.39 is 23.9 Å². The molecule has 2 heterocycles. The molecule has 1 atom stereocenters. The van der Waals surface area contributed by atoms with Crippen LogP contribution in [0.5, 0.6) is 0 Å². The van der Waals surface area contributed by atoms with Gasteiger partial charge in [0.05, 0.1) is 6.54 Å². The van der Waals surface area contributed by atoms with Crippen LogP contribution in [0.4, 0.5) is 9.59 Å². The number of hydrogen-bond donors (Lipinski definition) is 3. The highest BCUT2D eigenvalue weighted by Gasteiger charge is 2.35. The maximum absolute atomic E-state index is 12.0. The molecule has 2 saturated heterocycles. The second kappa shape index (κ2) is 7.81. The summed E-state index contributed by atoms with van der Waals surface area (Å²) in [4.78, 5) is 61.8. The first kappa shape index (κ1) is 18.5. The summed E-state index contributed by atoms with van der Waals surface area (Å²) in [6, 6.07) is -1.48. The van der Waals surface area contributed by atoms with Crippen LogP contribution < -0.4 is 16.4 Å². The third kappa shape index (κ3) is 4.58. The fourth-order valence-electron chi connectivity index (χ4n) is 2.90. The van der Waals surface area contributed by atoms with E-state index >= 15 is 0 Å². The number of amides is 7. The molecule has 25 heavy (non-hydrogen) atoms. The molecule has 2 aliphatic rings. The van der Waals surface area contributed by atoms with Crippen LogP contribution in [-0.4, -0.2) is 90.3 Å². The average molecular weight is 354 g/mol. The molecule has 0 unspecified atom stereocenters. The molecule has 2 aliphatic heterocycles. The van der Waals surface area contributed by atoms with Crippen molar-refractivity contribution < 1.29 is 24.0 Å². The average Bonchev–Trinajstić information content (AvgIpc) is 3.11. The van der Waals surface area contributed by atoms with Crippen LogP contribution in [0.2, 0.25) is 0 Å². The monoisotopic (exact) mass is 354 g/mol. The topological polar surface area (TPSA) is 145 Å². The summed E-state index contributed by atoms with van der Waals surface area (Å²) in [6.07, 6.45) is 1.50. The second-order valence-corrected chi connectivity index (χ2v) is 6.02. The van der Waals surface area contributed by atoms with Gasteiger partial charge in [0.25, 0.3) is 5.91 Å². The van der Waals surface area contributed by atoms with E-state index in [1.165, 1.54) is 11.9 Å². The Morgan fingerprint density at radius 1 is 1.24 bits per heavy atom. The first-order valence-corrected chi connectivity index (χ1v) is 7.94. The number of imide groups is 1. The number of likely N-dealkylation sites (tertiary alicyclic amines) is 1. The normalized spacial score (nSPS) is 20.2. The first-order valence-electron chi connectivity index (χ1n) is 7.94. The van der Waals surface area contributed by atoms with Crippen LogP contribution in [0.25, 0.3) is 0 Å². The molecule has 7 amide bonds. The summed E-state index contributed by atoms with van der Waals surface area (Å²) >= 11 is 0. The minimum absolute atomic E-state index is 0.0378. The lowest BCUT2D eigenvalue weighted by molar-refractivity contribution is -0.132. The van der Waals surface area contributed by atoms with Crippen LogP contribution in [-0.2, 0) is 14.4 Å².